The van der Waals surface area contributed by atoms with Crippen LogP contribution in [0, 0.1) is 5.92 Å². The van der Waals surface area contributed by atoms with Crippen molar-refractivity contribution >= 4 is 5.91 Å². The van der Waals surface area contributed by atoms with Gasteiger partial charge >= 0.3 is 0 Å². The van der Waals surface area contributed by atoms with Crippen LogP contribution in [0.1, 0.15) is 18.9 Å². The molecular weight excluding hydrogens is 304 g/mol. The lowest BCUT2D eigenvalue weighted by molar-refractivity contribution is -0.119. The van der Waals surface area contributed by atoms with Gasteiger partial charge in [0.15, 0.2) is 0 Å². The van der Waals surface area contributed by atoms with E-state index in [1.165, 1.54) is 5.56 Å². The highest BCUT2D eigenvalue weighted by molar-refractivity contribution is 5.72. The van der Waals surface area contributed by atoms with E-state index in [1.54, 1.807) is 20.2 Å². The maximum absolute atomic E-state index is 11.1. The zero-order valence-electron chi connectivity index (χ0n) is 14.2. The third kappa shape index (κ3) is 3.94. The number of carbonyl (C=O) groups excluding carboxylic acids is 1. The molecular formula is C18H24N4O2. The minimum atomic E-state index is 0.0437. The summed E-state index contributed by atoms with van der Waals surface area (Å²) < 4.78 is 7.27. The molecule has 1 fully saturated rings. The van der Waals surface area contributed by atoms with Gasteiger partial charge in [-0.05, 0) is 48.7 Å². The van der Waals surface area contributed by atoms with Crippen molar-refractivity contribution < 1.29 is 9.53 Å². The van der Waals surface area contributed by atoms with E-state index in [2.05, 4.69) is 21.4 Å². The number of nitrogens with one attached hydrogen (secondary N) is 1. The summed E-state index contributed by atoms with van der Waals surface area (Å²) in [5, 5.41) is 7.28. The normalized spacial score (nSPS) is 17.8. The highest BCUT2D eigenvalue weighted by Gasteiger charge is 2.23. The fraction of sp³-hybridized carbons (Fsp3) is 0.444. The Morgan fingerprint density at radius 1 is 1.46 bits per heavy atom. The van der Waals surface area contributed by atoms with Gasteiger partial charge in [0.2, 0.25) is 5.91 Å². The zero-order chi connectivity index (χ0) is 16.9. The second-order valence-electron chi connectivity index (χ2n) is 6.27. The molecule has 24 heavy (non-hydrogen) atoms. The monoisotopic (exact) mass is 328 g/mol. The molecule has 2 heterocycles. The molecule has 0 radical (unpaired) electrons. The van der Waals surface area contributed by atoms with Crippen LogP contribution in [0.5, 0.6) is 5.75 Å². The molecule has 0 saturated carbocycles. The van der Waals surface area contributed by atoms with Crippen molar-refractivity contribution in [1.82, 2.24) is 20.0 Å². The molecule has 2 aromatic rings. The van der Waals surface area contributed by atoms with Crippen LogP contribution in [0.4, 0.5) is 0 Å². The summed E-state index contributed by atoms with van der Waals surface area (Å²) in [6, 6.07) is 8.02. The molecule has 6 heteroatoms. The van der Waals surface area contributed by atoms with E-state index in [0.29, 0.717) is 5.92 Å². The molecule has 1 aliphatic rings. The minimum Gasteiger partial charge on any atom is -0.497 e. The Bertz CT molecular complexity index is 684. The number of aromatic nitrogens is 2. The highest BCUT2D eigenvalue weighted by Crippen LogP contribution is 2.25. The molecule has 1 aromatic carbocycles. The molecule has 6 nitrogen and oxygen atoms in total. The lowest BCUT2D eigenvalue weighted by Gasteiger charge is -2.19. The molecule has 1 aliphatic heterocycles. The standard InChI is InChI=1S/C18H24N4O2/c1-14(23)19-11-15-6-9-21(12-15)13-16-10-17(24-2)4-5-18(16)22-8-3-7-20-22/h3-5,7-8,10,15H,6,9,11-13H2,1-2H3,(H,19,23)/t15-/m1/s1. The first-order valence-electron chi connectivity index (χ1n) is 8.29. The highest BCUT2D eigenvalue weighted by atomic mass is 16.5. The second kappa shape index (κ2) is 7.49. The van der Waals surface area contributed by atoms with Gasteiger partial charge in [-0.25, -0.2) is 4.68 Å². The van der Waals surface area contributed by atoms with Crippen molar-refractivity contribution in [2.24, 2.45) is 5.92 Å². The number of carbonyl (C=O) groups is 1. The molecule has 0 bridgehead atoms. The Labute approximate surface area is 142 Å². The number of methoxy groups -OCH3 is 1. The van der Waals surface area contributed by atoms with Crippen molar-refractivity contribution in [3.8, 4) is 11.4 Å². The van der Waals surface area contributed by atoms with Crippen molar-refractivity contribution in [1.29, 1.82) is 0 Å². The van der Waals surface area contributed by atoms with E-state index in [1.807, 2.05) is 29.1 Å². The van der Waals surface area contributed by atoms with E-state index in [9.17, 15) is 4.79 Å². The molecule has 128 valence electrons. The summed E-state index contributed by atoms with van der Waals surface area (Å²) in [4.78, 5) is 13.5. The summed E-state index contributed by atoms with van der Waals surface area (Å²) in [6.45, 7) is 5.22. The first kappa shape index (κ1) is 16.5. The Balaban J connectivity index is 1.71. The van der Waals surface area contributed by atoms with Gasteiger partial charge in [0.25, 0.3) is 0 Å². The van der Waals surface area contributed by atoms with Crippen LogP contribution in [0.15, 0.2) is 36.7 Å². The minimum absolute atomic E-state index is 0.0437. The van der Waals surface area contributed by atoms with Crippen molar-refractivity contribution in [3.63, 3.8) is 0 Å². The van der Waals surface area contributed by atoms with Crippen LogP contribution in [0.2, 0.25) is 0 Å². The average molecular weight is 328 g/mol. The fourth-order valence-electron chi connectivity index (χ4n) is 3.20. The van der Waals surface area contributed by atoms with E-state index in [4.69, 9.17) is 4.74 Å². The number of rotatable bonds is 6. The molecule has 1 amide bonds. The van der Waals surface area contributed by atoms with Crippen molar-refractivity contribution in [2.75, 3.05) is 26.7 Å². The third-order valence-electron chi connectivity index (χ3n) is 4.44. The van der Waals surface area contributed by atoms with Crippen LogP contribution < -0.4 is 10.1 Å². The molecule has 1 aromatic heterocycles. The van der Waals surface area contributed by atoms with E-state index < -0.39 is 0 Å². The van der Waals surface area contributed by atoms with Crippen LogP contribution in [0.3, 0.4) is 0 Å². The summed E-state index contributed by atoms with van der Waals surface area (Å²) in [6.07, 6.45) is 4.85. The van der Waals surface area contributed by atoms with Gasteiger partial charge < -0.3 is 10.1 Å². The average Bonchev–Trinajstić information content (AvgIpc) is 3.24. The molecule has 1 saturated heterocycles. The topological polar surface area (TPSA) is 59.4 Å². The van der Waals surface area contributed by atoms with E-state index >= 15 is 0 Å². The number of nitrogens with zero attached hydrogens (tertiary/aromatic N) is 3. The largest absolute Gasteiger partial charge is 0.497 e. The number of hydrogen-bond donors (Lipinski definition) is 1. The first-order valence-corrected chi connectivity index (χ1v) is 8.29. The van der Waals surface area contributed by atoms with Crippen LogP contribution >= 0.6 is 0 Å². The SMILES string of the molecule is COc1ccc(-n2cccn2)c(CN2CC[C@H](CNC(C)=O)C2)c1. The number of ether oxygens (including phenoxy) is 1. The van der Waals surface area contributed by atoms with Gasteiger partial charge in [-0.3, -0.25) is 9.69 Å². The van der Waals surface area contributed by atoms with Gasteiger partial charge in [0.05, 0.1) is 12.8 Å². The molecule has 3 rings (SSSR count). The second-order valence-corrected chi connectivity index (χ2v) is 6.27. The third-order valence-corrected chi connectivity index (χ3v) is 4.44. The Kier molecular flexibility index (Phi) is 5.15. The maximum Gasteiger partial charge on any atom is 0.216 e. The van der Waals surface area contributed by atoms with Crippen LogP contribution in [0.25, 0.3) is 5.69 Å². The fourth-order valence-corrected chi connectivity index (χ4v) is 3.20. The quantitative estimate of drug-likeness (QED) is 0.879. The number of likely N-dealkylation sites (tertiary alicyclic amines) is 1. The summed E-state index contributed by atoms with van der Waals surface area (Å²) in [5.74, 6) is 1.42. The van der Waals surface area contributed by atoms with Crippen molar-refractivity contribution in [3.05, 3.63) is 42.2 Å². The van der Waals surface area contributed by atoms with Gasteiger partial charge in [-0.15, -0.1) is 0 Å². The molecule has 0 aliphatic carbocycles. The van der Waals surface area contributed by atoms with Crippen molar-refractivity contribution in [2.45, 2.75) is 19.9 Å². The van der Waals surface area contributed by atoms with Crippen LogP contribution in [-0.2, 0) is 11.3 Å². The summed E-state index contributed by atoms with van der Waals surface area (Å²) >= 11 is 0. The van der Waals surface area contributed by atoms with Gasteiger partial charge in [-0.1, -0.05) is 0 Å². The number of benzene rings is 1. The van der Waals surface area contributed by atoms with Gasteiger partial charge in [0.1, 0.15) is 5.75 Å². The Morgan fingerprint density at radius 2 is 2.33 bits per heavy atom. The summed E-state index contributed by atoms with van der Waals surface area (Å²) in [5.41, 5.74) is 2.27. The molecule has 1 atom stereocenters. The predicted molar refractivity (Wildman–Crippen MR) is 92.2 cm³/mol. The van der Waals surface area contributed by atoms with E-state index in [-0.39, 0.29) is 5.91 Å². The lowest BCUT2D eigenvalue weighted by atomic mass is 10.1. The first-order chi connectivity index (χ1) is 11.7. The molecule has 0 unspecified atom stereocenters. The Morgan fingerprint density at radius 3 is 3.04 bits per heavy atom. The zero-order valence-corrected chi connectivity index (χ0v) is 14.2. The Hall–Kier alpha value is -2.34. The smallest absolute Gasteiger partial charge is 0.216 e. The summed E-state index contributed by atoms with van der Waals surface area (Å²) in [7, 11) is 1.69. The number of hydrogen-bond acceptors (Lipinski definition) is 4. The predicted octanol–water partition coefficient (Wildman–Crippen LogP) is 1.84. The lowest BCUT2D eigenvalue weighted by Crippen LogP contribution is -2.29. The van der Waals surface area contributed by atoms with E-state index in [0.717, 1.165) is 44.0 Å². The molecule has 0 spiro atoms. The van der Waals surface area contributed by atoms with Crippen LogP contribution in [-0.4, -0.2) is 47.3 Å². The maximum atomic E-state index is 11.1. The number of amides is 1. The van der Waals surface area contributed by atoms with Gasteiger partial charge in [-0.2, -0.15) is 5.10 Å². The van der Waals surface area contributed by atoms with Gasteiger partial charge in [0, 0.05) is 39.0 Å². The molecule has 1 N–H and O–H groups in total.